The summed E-state index contributed by atoms with van der Waals surface area (Å²) in [6.07, 6.45) is 0.298. The van der Waals surface area contributed by atoms with Crippen LogP contribution in [-0.4, -0.2) is 19.4 Å². The van der Waals surface area contributed by atoms with E-state index in [0.717, 1.165) is 5.56 Å². The van der Waals surface area contributed by atoms with Gasteiger partial charge in [0.25, 0.3) is 0 Å². The van der Waals surface area contributed by atoms with Crippen LogP contribution in [0.15, 0.2) is 12.1 Å². The number of hydrogen-bond donors (Lipinski definition) is 1. The molecule has 0 saturated carbocycles. The van der Waals surface area contributed by atoms with Gasteiger partial charge in [0.2, 0.25) is 0 Å². The van der Waals surface area contributed by atoms with Gasteiger partial charge in [-0.15, -0.1) is 0 Å². The predicted octanol–water partition coefficient (Wildman–Crippen LogP) is 2.19. The quantitative estimate of drug-likeness (QED) is 0.803. The van der Waals surface area contributed by atoms with E-state index in [4.69, 9.17) is 22.1 Å². The number of aryl methyl sites for hydroxylation is 1. The van der Waals surface area contributed by atoms with Crippen molar-refractivity contribution >= 4 is 17.4 Å². The summed E-state index contributed by atoms with van der Waals surface area (Å²) < 4.78 is 5.08. The lowest BCUT2D eigenvalue weighted by molar-refractivity contribution is 0.0985. The van der Waals surface area contributed by atoms with Crippen LogP contribution in [0.1, 0.15) is 22.3 Å². The second kappa shape index (κ2) is 5.14. The molecule has 0 heterocycles. The first-order valence-corrected chi connectivity index (χ1v) is 5.05. The van der Waals surface area contributed by atoms with Crippen molar-refractivity contribution < 1.29 is 9.53 Å². The van der Waals surface area contributed by atoms with Crippen LogP contribution < -0.4 is 10.5 Å². The monoisotopic (exact) mass is 227 g/mol. The molecule has 15 heavy (non-hydrogen) atoms. The third-order valence-electron chi connectivity index (χ3n) is 2.08. The zero-order valence-electron chi connectivity index (χ0n) is 8.84. The minimum atomic E-state index is -0.0514. The molecule has 0 unspecified atom stereocenters. The number of halogens is 1. The Balaban J connectivity index is 3.17. The van der Waals surface area contributed by atoms with Gasteiger partial charge in [0.05, 0.1) is 12.1 Å². The molecule has 0 fully saturated rings. The number of carbonyl (C=O) groups is 1. The molecule has 1 aromatic carbocycles. The molecular formula is C11H14ClNO2. The minimum absolute atomic E-state index is 0.0514. The highest BCUT2D eigenvalue weighted by molar-refractivity contribution is 6.35. The van der Waals surface area contributed by atoms with E-state index in [1.165, 1.54) is 7.11 Å². The number of rotatable bonds is 4. The van der Waals surface area contributed by atoms with Gasteiger partial charge in [-0.3, -0.25) is 4.79 Å². The van der Waals surface area contributed by atoms with E-state index in [1.807, 2.05) is 6.92 Å². The van der Waals surface area contributed by atoms with E-state index in [0.29, 0.717) is 29.3 Å². The van der Waals surface area contributed by atoms with Crippen LogP contribution in [0, 0.1) is 6.92 Å². The third kappa shape index (κ3) is 2.70. The van der Waals surface area contributed by atoms with Gasteiger partial charge in [0.15, 0.2) is 5.78 Å². The van der Waals surface area contributed by atoms with Crippen LogP contribution in [0.2, 0.25) is 5.02 Å². The number of methoxy groups -OCH3 is 1. The third-order valence-corrected chi connectivity index (χ3v) is 2.47. The van der Waals surface area contributed by atoms with Crippen LogP contribution in [0.25, 0.3) is 0 Å². The van der Waals surface area contributed by atoms with Crippen molar-refractivity contribution in [2.45, 2.75) is 13.3 Å². The molecule has 82 valence electrons. The first-order valence-electron chi connectivity index (χ1n) is 4.67. The Kier molecular flexibility index (Phi) is 4.12. The zero-order chi connectivity index (χ0) is 11.4. The largest absolute Gasteiger partial charge is 0.495 e. The molecule has 0 saturated heterocycles. The average molecular weight is 228 g/mol. The fourth-order valence-electron chi connectivity index (χ4n) is 1.35. The molecule has 1 aromatic rings. The van der Waals surface area contributed by atoms with Crippen LogP contribution in [0.3, 0.4) is 0 Å². The highest BCUT2D eigenvalue weighted by Crippen LogP contribution is 2.30. The molecular weight excluding hydrogens is 214 g/mol. The van der Waals surface area contributed by atoms with Crippen molar-refractivity contribution in [2.24, 2.45) is 5.73 Å². The van der Waals surface area contributed by atoms with Crippen LogP contribution in [-0.2, 0) is 0 Å². The molecule has 4 heteroatoms. The Morgan fingerprint density at radius 3 is 2.73 bits per heavy atom. The van der Waals surface area contributed by atoms with Crippen molar-refractivity contribution in [3.8, 4) is 5.75 Å². The van der Waals surface area contributed by atoms with Crippen molar-refractivity contribution in [3.63, 3.8) is 0 Å². The molecule has 0 amide bonds. The van der Waals surface area contributed by atoms with Gasteiger partial charge in [0.1, 0.15) is 5.75 Å². The molecule has 0 radical (unpaired) electrons. The summed E-state index contributed by atoms with van der Waals surface area (Å²) in [5.74, 6) is 0.474. The fraction of sp³-hybridized carbons (Fsp3) is 0.364. The first kappa shape index (κ1) is 12.0. The molecule has 0 aliphatic rings. The highest BCUT2D eigenvalue weighted by atomic mass is 35.5. The Morgan fingerprint density at radius 2 is 2.20 bits per heavy atom. The maximum absolute atomic E-state index is 11.7. The van der Waals surface area contributed by atoms with Crippen LogP contribution in [0.4, 0.5) is 0 Å². The first-order chi connectivity index (χ1) is 7.10. The summed E-state index contributed by atoms with van der Waals surface area (Å²) in [5.41, 5.74) is 6.76. The summed E-state index contributed by atoms with van der Waals surface area (Å²) >= 11 is 6.02. The standard InChI is InChI=1S/C11H14ClNO2/c1-7-5-8(9(14)3-4-13)11(12)10(6-7)15-2/h5-6H,3-4,13H2,1-2H3. The number of nitrogens with two attached hydrogens (primary N) is 1. The maximum Gasteiger partial charge on any atom is 0.165 e. The fourth-order valence-corrected chi connectivity index (χ4v) is 1.64. The zero-order valence-corrected chi connectivity index (χ0v) is 9.60. The lowest BCUT2D eigenvalue weighted by Gasteiger charge is -2.09. The van der Waals surface area contributed by atoms with Gasteiger partial charge in [-0.05, 0) is 31.2 Å². The van der Waals surface area contributed by atoms with Crippen molar-refractivity contribution in [1.29, 1.82) is 0 Å². The second-order valence-electron chi connectivity index (χ2n) is 3.29. The van der Waals surface area contributed by atoms with Gasteiger partial charge in [-0.1, -0.05) is 11.6 Å². The lowest BCUT2D eigenvalue weighted by atomic mass is 10.0. The van der Waals surface area contributed by atoms with Crippen molar-refractivity contribution in [3.05, 3.63) is 28.3 Å². The van der Waals surface area contributed by atoms with Gasteiger partial charge in [-0.25, -0.2) is 0 Å². The van der Waals surface area contributed by atoms with Crippen molar-refractivity contribution in [1.82, 2.24) is 0 Å². The molecule has 0 aliphatic carbocycles. The SMILES string of the molecule is COc1cc(C)cc(C(=O)CCN)c1Cl. The lowest BCUT2D eigenvalue weighted by Crippen LogP contribution is -2.09. The molecule has 0 aromatic heterocycles. The molecule has 0 spiro atoms. The summed E-state index contributed by atoms with van der Waals surface area (Å²) in [6, 6.07) is 3.55. The smallest absolute Gasteiger partial charge is 0.165 e. The van der Waals surface area contributed by atoms with Gasteiger partial charge in [-0.2, -0.15) is 0 Å². The average Bonchev–Trinajstić information content (AvgIpc) is 2.21. The number of carbonyl (C=O) groups excluding carboxylic acids is 1. The predicted molar refractivity (Wildman–Crippen MR) is 60.7 cm³/mol. The number of Topliss-reactive ketones (excluding diaryl/α,β-unsaturated/α-hetero) is 1. The molecule has 0 atom stereocenters. The van der Waals surface area contributed by atoms with E-state index in [1.54, 1.807) is 12.1 Å². The Bertz CT molecular complexity index is 377. The van der Waals surface area contributed by atoms with Gasteiger partial charge in [0, 0.05) is 12.0 Å². The van der Waals surface area contributed by atoms with E-state index >= 15 is 0 Å². The summed E-state index contributed by atoms with van der Waals surface area (Å²) in [6.45, 7) is 2.21. The van der Waals surface area contributed by atoms with Crippen molar-refractivity contribution in [2.75, 3.05) is 13.7 Å². The van der Waals surface area contributed by atoms with E-state index < -0.39 is 0 Å². The molecule has 3 nitrogen and oxygen atoms in total. The summed E-state index contributed by atoms with van der Waals surface area (Å²) in [4.78, 5) is 11.7. The number of hydrogen-bond acceptors (Lipinski definition) is 3. The van der Waals surface area contributed by atoms with Gasteiger partial charge < -0.3 is 10.5 Å². The minimum Gasteiger partial charge on any atom is -0.495 e. The molecule has 0 bridgehead atoms. The maximum atomic E-state index is 11.7. The Hall–Kier alpha value is -1.06. The molecule has 0 aliphatic heterocycles. The second-order valence-corrected chi connectivity index (χ2v) is 3.67. The number of ketones is 1. The highest BCUT2D eigenvalue weighted by Gasteiger charge is 2.14. The topological polar surface area (TPSA) is 52.3 Å². The Morgan fingerprint density at radius 1 is 1.53 bits per heavy atom. The van der Waals surface area contributed by atoms with E-state index in [9.17, 15) is 4.79 Å². The summed E-state index contributed by atoms with van der Waals surface area (Å²) in [7, 11) is 1.53. The van der Waals surface area contributed by atoms with E-state index in [-0.39, 0.29) is 5.78 Å². The molecule has 2 N–H and O–H groups in total. The molecule has 1 rings (SSSR count). The van der Waals surface area contributed by atoms with E-state index in [2.05, 4.69) is 0 Å². The summed E-state index contributed by atoms with van der Waals surface area (Å²) in [5, 5.41) is 0.363. The Labute approximate surface area is 94.2 Å². The number of benzene rings is 1. The van der Waals surface area contributed by atoms with Crippen LogP contribution >= 0.6 is 11.6 Å². The van der Waals surface area contributed by atoms with Gasteiger partial charge >= 0.3 is 0 Å². The van der Waals surface area contributed by atoms with Crippen LogP contribution in [0.5, 0.6) is 5.75 Å². The normalized spacial score (nSPS) is 10.1. The number of ether oxygens (including phenoxy) is 1.